The highest BCUT2D eigenvalue weighted by atomic mass is 35.5. The predicted octanol–water partition coefficient (Wildman–Crippen LogP) is 2.38. The van der Waals surface area contributed by atoms with Crippen molar-refractivity contribution >= 4 is 34.2 Å². The highest BCUT2D eigenvalue weighted by molar-refractivity contribution is 6.28. The molecule has 2 saturated heterocycles. The zero-order valence-electron chi connectivity index (χ0n) is 16.2. The second-order valence-electron chi connectivity index (χ2n) is 7.80. The van der Waals surface area contributed by atoms with E-state index in [0.29, 0.717) is 12.6 Å². The van der Waals surface area contributed by atoms with E-state index in [1.54, 1.807) is 0 Å². The van der Waals surface area contributed by atoms with Gasteiger partial charge in [0.15, 0.2) is 0 Å². The zero-order chi connectivity index (χ0) is 19.7. The Morgan fingerprint density at radius 3 is 2.75 bits per heavy atom. The molecule has 0 bridgehead atoms. The Bertz CT molecular complexity index is 867. The van der Waals surface area contributed by atoms with Gasteiger partial charge in [0.05, 0.1) is 18.2 Å². The number of hydrogen-bond acceptors (Lipinski definition) is 6. The summed E-state index contributed by atoms with van der Waals surface area (Å²) in [6.45, 7) is 5.03. The van der Waals surface area contributed by atoms with E-state index in [-0.39, 0.29) is 17.4 Å². The van der Waals surface area contributed by atoms with E-state index in [4.69, 9.17) is 17.3 Å². The van der Waals surface area contributed by atoms with Crippen LogP contribution in [0.15, 0.2) is 18.2 Å². The van der Waals surface area contributed by atoms with E-state index in [1.165, 1.54) is 0 Å². The minimum absolute atomic E-state index is 0.106. The van der Waals surface area contributed by atoms with E-state index in [0.717, 1.165) is 67.6 Å². The number of aromatic nitrogens is 2. The quantitative estimate of drug-likeness (QED) is 0.763. The van der Waals surface area contributed by atoms with Gasteiger partial charge in [-0.15, -0.1) is 0 Å². The van der Waals surface area contributed by atoms with Gasteiger partial charge in [-0.3, -0.25) is 9.69 Å². The molecule has 0 aliphatic carbocycles. The number of likely N-dealkylation sites (tertiary alicyclic amines) is 2. The number of benzene rings is 1. The molecule has 150 valence electrons. The first-order valence-electron chi connectivity index (χ1n) is 9.98. The number of carbonyl (C=O) groups is 1. The maximum absolute atomic E-state index is 12.5. The van der Waals surface area contributed by atoms with E-state index < -0.39 is 0 Å². The molecule has 2 aliphatic rings. The van der Waals surface area contributed by atoms with E-state index in [9.17, 15) is 4.79 Å². The summed E-state index contributed by atoms with van der Waals surface area (Å²) in [5.41, 5.74) is 7.98. The van der Waals surface area contributed by atoms with E-state index in [2.05, 4.69) is 20.2 Å². The third-order valence-corrected chi connectivity index (χ3v) is 5.98. The smallest absolute Gasteiger partial charge is 0.237 e. The van der Waals surface area contributed by atoms with Crippen LogP contribution in [0.1, 0.15) is 31.2 Å². The van der Waals surface area contributed by atoms with Crippen LogP contribution < -0.4 is 11.1 Å². The van der Waals surface area contributed by atoms with Crippen LogP contribution in [0.5, 0.6) is 0 Å². The van der Waals surface area contributed by atoms with Crippen LogP contribution in [-0.4, -0.2) is 64.1 Å². The van der Waals surface area contributed by atoms with Gasteiger partial charge < -0.3 is 16.0 Å². The van der Waals surface area contributed by atoms with E-state index in [1.807, 2.05) is 30.0 Å². The fraction of sp³-hybridized carbons (Fsp3) is 0.550. The molecule has 1 aromatic heterocycles. The van der Waals surface area contributed by atoms with Crippen molar-refractivity contribution in [2.45, 2.75) is 44.8 Å². The van der Waals surface area contributed by atoms with E-state index >= 15 is 0 Å². The normalized spacial score (nSPS) is 21.4. The van der Waals surface area contributed by atoms with Gasteiger partial charge in [0.2, 0.25) is 11.2 Å². The molecule has 4 rings (SSSR count). The lowest BCUT2D eigenvalue weighted by Gasteiger charge is -2.33. The van der Waals surface area contributed by atoms with Crippen LogP contribution in [0.3, 0.4) is 0 Å². The van der Waals surface area contributed by atoms with Crippen LogP contribution in [0.4, 0.5) is 5.82 Å². The van der Waals surface area contributed by atoms with Crippen LogP contribution in [0.2, 0.25) is 5.28 Å². The highest BCUT2D eigenvalue weighted by Gasteiger charge is 2.28. The number of nitrogens with two attached hydrogens (primary N) is 1. The Labute approximate surface area is 170 Å². The van der Waals surface area contributed by atoms with Crippen molar-refractivity contribution in [2.24, 2.45) is 5.73 Å². The Morgan fingerprint density at radius 2 is 2.04 bits per heavy atom. The number of fused-ring (bicyclic) bond motifs is 1. The fourth-order valence-electron chi connectivity index (χ4n) is 4.19. The number of carbonyl (C=O) groups excluding carboxylic acids is 1. The lowest BCUT2D eigenvalue weighted by molar-refractivity contribution is -0.133. The first-order chi connectivity index (χ1) is 13.5. The standard InChI is InChI=1S/C20H27ClN6O/c1-13-4-2-5-15-18(13)24-20(21)25-19(15)23-14-7-10-26(11-8-14)12-17(28)27-9-3-6-16(27)22/h2,4-5,14,16H,3,6-12,22H2,1H3,(H,23,24,25)/t16-/m0/s1. The average Bonchev–Trinajstić information content (AvgIpc) is 3.10. The third kappa shape index (κ3) is 4.06. The molecule has 7 nitrogen and oxygen atoms in total. The topological polar surface area (TPSA) is 87.4 Å². The number of para-hydroxylation sites is 1. The van der Waals surface area contributed by atoms with Gasteiger partial charge in [-0.05, 0) is 55.8 Å². The number of aryl methyl sites for hydroxylation is 1. The molecule has 28 heavy (non-hydrogen) atoms. The van der Waals surface area contributed by atoms with Gasteiger partial charge >= 0.3 is 0 Å². The summed E-state index contributed by atoms with van der Waals surface area (Å²) in [7, 11) is 0. The summed E-state index contributed by atoms with van der Waals surface area (Å²) in [6.07, 6.45) is 3.72. The van der Waals surface area contributed by atoms with Crippen LogP contribution in [0.25, 0.3) is 10.9 Å². The average molecular weight is 403 g/mol. The largest absolute Gasteiger partial charge is 0.367 e. The summed E-state index contributed by atoms with van der Waals surface area (Å²) in [5, 5.41) is 4.80. The third-order valence-electron chi connectivity index (χ3n) is 5.81. The van der Waals surface area contributed by atoms with Crippen molar-refractivity contribution in [1.82, 2.24) is 19.8 Å². The summed E-state index contributed by atoms with van der Waals surface area (Å²) in [6, 6.07) is 6.36. The summed E-state index contributed by atoms with van der Waals surface area (Å²) in [5.74, 6) is 0.941. The Hall–Kier alpha value is -1.96. The number of rotatable bonds is 4. The molecule has 8 heteroatoms. The van der Waals surface area contributed by atoms with Crippen molar-refractivity contribution in [1.29, 1.82) is 0 Å². The number of anilines is 1. The van der Waals surface area contributed by atoms with Crippen molar-refractivity contribution < 1.29 is 4.79 Å². The van der Waals surface area contributed by atoms with Crippen LogP contribution in [0, 0.1) is 6.92 Å². The zero-order valence-corrected chi connectivity index (χ0v) is 17.0. The van der Waals surface area contributed by atoms with Crippen molar-refractivity contribution in [3.8, 4) is 0 Å². The van der Waals surface area contributed by atoms with Gasteiger partial charge in [-0.1, -0.05) is 12.1 Å². The predicted molar refractivity (Wildman–Crippen MR) is 111 cm³/mol. The minimum Gasteiger partial charge on any atom is -0.367 e. The van der Waals surface area contributed by atoms with Crippen molar-refractivity contribution in [3.05, 3.63) is 29.0 Å². The van der Waals surface area contributed by atoms with Crippen molar-refractivity contribution in [2.75, 3.05) is 31.5 Å². The second-order valence-corrected chi connectivity index (χ2v) is 8.14. The van der Waals surface area contributed by atoms with Gasteiger partial charge in [-0.2, -0.15) is 0 Å². The van der Waals surface area contributed by atoms with Gasteiger partial charge in [0, 0.05) is 31.1 Å². The molecule has 3 N–H and O–H groups in total. The number of nitrogens with zero attached hydrogens (tertiary/aromatic N) is 4. The highest BCUT2D eigenvalue weighted by Crippen LogP contribution is 2.26. The lowest BCUT2D eigenvalue weighted by atomic mass is 10.0. The summed E-state index contributed by atoms with van der Waals surface area (Å²) >= 11 is 6.15. The Kier molecular flexibility index (Phi) is 5.66. The molecule has 0 radical (unpaired) electrons. The number of halogens is 1. The molecule has 0 spiro atoms. The number of hydrogen-bond donors (Lipinski definition) is 2. The van der Waals surface area contributed by atoms with Gasteiger partial charge in [0.1, 0.15) is 5.82 Å². The lowest BCUT2D eigenvalue weighted by Crippen LogP contribution is -2.48. The molecule has 2 aromatic rings. The maximum atomic E-state index is 12.5. The molecular formula is C20H27ClN6O. The molecule has 0 unspecified atom stereocenters. The molecule has 2 aliphatic heterocycles. The molecule has 1 aromatic carbocycles. The SMILES string of the molecule is Cc1cccc2c(NC3CCN(CC(=O)N4CCC[C@H]4N)CC3)nc(Cl)nc12. The van der Waals surface area contributed by atoms with Crippen LogP contribution in [-0.2, 0) is 4.79 Å². The summed E-state index contributed by atoms with van der Waals surface area (Å²) in [4.78, 5) is 25.3. The van der Waals surface area contributed by atoms with Crippen LogP contribution >= 0.6 is 11.6 Å². The second kappa shape index (κ2) is 8.19. The van der Waals surface area contributed by atoms with Gasteiger partial charge in [-0.25, -0.2) is 9.97 Å². The number of nitrogens with one attached hydrogen (secondary N) is 1. The van der Waals surface area contributed by atoms with Gasteiger partial charge in [0.25, 0.3) is 0 Å². The molecular weight excluding hydrogens is 376 g/mol. The first kappa shape index (κ1) is 19.4. The molecule has 1 atom stereocenters. The fourth-order valence-corrected chi connectivity index (χ4v) is 4.36. The Balaban J connectivity index is 1.37. The first-order valence-corrected chi connectivity index (χ1v) is 10.4. The van der Waals surface area contributed by atoms with Crippen molar-refractivity contribution in [3.63, 3.8) is 0 Å². The number of piperidine rings is 1. The summed E-state index contributed by atoms with van der Waals surface area (Å²) < 4.78 is 0. The monoisotopic (exact) mass is 402 g/mol. The molecule has 0 saturated carbocycles. The Morgan fingerprint density at radius 1 is 1.25 bits per heavy atom. The number of amides is 1. The molecule has 3 heterocycles. The molecule has 1 amide bonds. The minimum atomic E-state index is -0.106. The molecule has 2 fully saturated rings. The maximum Gasteiger partial charge on any atom is 0.237 e.